The van der Waals surface area contributed by atoms with Gasteiger partial charge in [-0.2, -0.15) is 0 Å². The molecule has 0 aromatic heterocycles. The summed E-state index contributed by atoms with van der Waals surface area (Å²) in [6, 6.07) is 6.86. The Morgan fingerprint density at radius 1 is 1.06 bits per heavy atom. The monoisotopic (exact) mass is 245 g/mol. The number of fused-ring (bicyclic) bond motifs is 1. The van der Waals surface area contributed by atoms with Crippen molar-refractivity contribution in [1.29, 1.82) is 0 Å². The summed E-state index contributed by atoms with van der Waals surface area (Å²) >= 11 is 0. The Hall–Kier alpha value is -0.860. The first-order valence-corrected chi connectivity index (χ1v) is 7.38. The molecule has 2 unspecified atom stereocenters. The van der Waals surface area contributed by atoms with Crippen molar-refractivity contribution in [3.8, 4) is 0 Å². The number of aryl methyl sites for hydroxylation is 2. The van der Waals surface area contributed by atoms with Crippen LogP contribution in [0.4, 0.5) is 0 Å². The predicted molar refractivity (Wildman–Crippen MR) is 73.7 cm³/mol. The summed E-state index contributed by atoms with van der Waals surface area (Å²) in [4.78, 5) is 0. The third kappa shape index (κ3) is 2.45. The zero-order valence-electron chi connectivity index (χ0n) is 11.0. The lowest BCUT2D eigenvalue weighted by molar-refractivity contribution is 0.114. The molecule has 1 heterocycles. The first-order chi connectivity index (χ1) is 8.84. The molecule has 0 bridgehead atoms. The van der Waals surface area contributed by atoms with Crippen molar-refractivity contribution in [3.05, 3.63) is 34.9 Å². The van der Waals surface area contributed by atoms with Crippen molar-refractivity contribution in [2.45, 2.75) is 57.1 Å². The molecule has 1 aromatic rings. The Balaban J connectivity index is 1.78. The fourth-order valence-electron chi connectivity index (χ4n) is 3.32. The molecule has 1 aliphatic carbocycles. The van der Waals surface area contributed by atoms with Crippen LogP contribution in [0.2, 0.25) is 0 Å². The minimum atomic E-state index is -0.336. The summed E-state index contributed by atoms with van der Waals surface area (Å²) in [7, 11) is 0. The first kappa shape index (κ1) is 12.2. The molecule has 0 spiro atoms. The average molecular weight is 245 g/mol. The Morgan fingerprint density at radius 2 is 1.89 bits per heavy atom. The zero-order chi connectivity index (χ0) is 12.4. The summed E-state index contributed by atoms with van der Waals surface area (Å²) in [5.41, 5.74) is 4.07. The molecule has 98 valence electrons. The van der Waals surface area contributed by atoms with E-state index in [0.29, 0.717) is 0 Å². The lowest BCUT2D eigenvalue weighted by Crippen LogP contribution is -2.38. The Morgan fingerprint density at radius 3 is 2.67 bits per heavy atom. The smallest absolute Gasteiger partial charge is 0.0943 e. The van der Waals surface area contributed by atoms with E-state index in [2.05, 4.69) is 23.5 Å². The molecule has 0 amide bonds. The molecule has 0 radical (unpaired) electrons. The van der Waals surface area contributed by atoms with Crippen LogP contribution in [0.15, 0.2) is 18.2 Å². The number of nitrogens with one attached hydrogen (secondary N) is 1. The van der Waals surface area contributed by atoms with Gasteiger partial charge in [0.2, 0.25) is 0 Å². The van der Waals surface area contributed by atoms with Gasteiger partial charge in [-0.1, -0.05) is 24.6 Å². The number of aliphatic hydroxyl groups excluding tert-OH is 1. The summed E-state index contributed by atoms with van der Waals surface area (Å²) in [5, 5.41) is 13.9. The van der Waals surface area contributed by atoms with E-state index in [1.165, 1.54) is 49.7 Å². The van der Waals surface area contributed by atoms with Crippen molar-refractivity contribution in [2.75, 3.05) is 6.54 Å². The second kappa shape index (κ2) is 5.41. The van der Waals surface area contributed by atoms with Crippen LogP contribution in [0.3, 0.4) is 0 Å². The van der Waals surface area contributed by atoms with Gasteiger partial charge < -0.3 is 10.4 Å². The minimum absolute atomic E-state index is 0.250. The molecule has 1 aliphatic heterocycles. The van der Waals surface area contributed by atoms with E-state index in [0.717, 1.165) is 18.5 Å². The van der Waals surface area contributed by atoms with Crippen molar-refractivity contribution >= 4 is 0 Å². The topological polar surface area (TPSA) is 32.3 Å². The molecule has 3 rings (SSSR count). The van der Waals surface area contributed by atoms with Crippen LogP contribution in [0.5, 0.6) is 0 Å². The number of hydrogen-bond donors (Lipinski definition) is 2. The zero-order valence-corrected chi connectivity index (χ0v) is 11.0. The highest BCUT2D eigenvalue weighted by Gasteiger charge is 2.23. The van der Waals surface area contributed by atoms with E-state index in [-0.39, 0.29) is 12.1 Å². The van der Waals surface area contributed by atoms with Gasteiger partial charge in [-0.15, -0.1) is 0 Å². The molecule has 2 nitrogen and oxygen atoms in total. The minimum Gasteiger partial charge on any atom is -0.387 e. The van der Waals surface area contributed by atoms with Crippen LogP contribution < -0.4 is 5.32 Å². The standard InChI is InChI=1S/C16H23NO/c18-16(15-7-3-4-10-17-15)14-9-8-12-5-1-2-6-13(12)11-14/h8-9,11,15-18H,1-7,10H2. The highest BCUT2D eigenvalue weighted by atomic mass is 16.3. The molecule has 18 heavy (non-hydrogen) atoms. The van der Waals surface area contributed by atoms with Gasteiger partial charge in [-0.3, -0.25) is 0 Å². The van der Waals surface area contributed by atoms with Gasteiger partial charge in [-0.25, -0.2) is 0 Å². The van der Waals surface area contributed by atoms with Gasteiger partial charge in [0.25, 0.3) is 0 Å². The molecule has 2 N–H and O–H groups in total. The second-order valence-corrected chi connectivity index (χ2v) is 5.74. The van der Waals surface area contributed by atoms with E-state index in [9.17, 15) is 5.11 Å². The summed E-state index contributed by atoms with van der Waals surface area (Å²) in [6.07, 6.45) is 8.26. The van der Waals surface area contributed by atoms with Gasteiger partial charge in [0.05, 0.1) is 6.10 Å². The fraction of sp³-hybridized carbons (Fsp3) is 0.625. The first-order valence-electron chi connectivity index (χ1n) is 7.38. The van der Waals surface area contributed by atoms with Gasteiger partial charge in [0.15, 0.2) is 0 Å². The van der Waals surface area contributed by atoms with Gasteiger partial charge in [0.1, 0.15) is 0 Å². The summed E-state index contributed by atoms with van der Waals surface area (Å²) < 4.78 is 0. The lowest BCUT2D eigenvalue weighted by Gasteiger charge is -2.29. The van der Waals surface area contributed by atoms with E-state index in [1.807, 2.05) is 0 Å². The van der Waals surface area contributed by atoms with Crippen LogP contribution in [-0.2, 0) is 12.8 Å². The van der Waals surface area contributed by atoms with Crippen LogP contribution in [0.25, 0.3) is 0 Å². The Kier molecular flexibility index (Phi) is 3.67. The Labute approximate surface area is 109 Å². The maximum Gasteiger partial charge on any atom is 0.0943 e. The predicted octanol–water partition coefficient (Wildman–Crippen LogP) is 2.74. The fourth-order valence-corrected chi connectivity index (χ4v) is 3.32. The molecular weight excluding hydrogens is 222 g/mol. The van der Waals surface area contributed by atoms with Gasteiger partial charge in [-0.05, 0) is 61.8 Å². The normalized spacial score (nSPS) is 25.5. The quantitative estimate of drug-likeness (QED) is 0.839. The highest BCUT2D eigenvalue weighted by Crippen LogP contribution is 2.28. The largest absolute Gasteiger partial charge is 0.387 e. The van der Waals surface area contributed by atoms with Crippen LogP contribution in [0, 0.1) is 0 Å². The lowest BCUT2D eigenvalue weighted by atomic mass is 9.87. The van der Waals surface area contributed by atoms with Gasteiger partial charge in [0, 0.05) is 6.04 Å². The van der Waals surface area contributed by atoms with Crippen LogP contribution >= 0.6 is 0 Å². The number of piperidine rings is 1. The Bertz CT molecular complexity index is 410. The van der Waals surface area contributed by atoms with E-state index in [4.69, 9.17) is 0 Å². The third-order valence-electron chi connectivity index (χ3n) is 4.44. The van der Waals surface area contributed by atoms with Gasteiger partial charge >= 0.3 is 0 Å². The molecule has 2 atom stereocenters. The van der Waals surface area contributed by atoms with Crippen molar-refractivity contribution in [3.63, 3.8) is 0 Å². The maximum atomic E-state index is 10.5. The summed E-state index contributed by atoms with van der Waals surface area (Å²) in [5.74, 6) is 0. The van der Waals surface area contributed by atoms with Crippen molar-refractivity contribution in [2.24, 2.45) is 0 Å². The highest BCUT2D eigenvalue weighted by molar-refractivity contribution is 5.35. The molecule has 1 aromatic carbocycles. The van der Waals surface area contributed by atoms with E-state index in [1.54, 1.807) is 0 Å². The average Bonchev–Trinajstić information content (AvgIpc) is 2.47. The number of aliphatic hydroxyl groups is 1. The molecule has 2 heteroatoms. The van der Waals surface area contributed by atoms with E-state index < -0.39 is 0 Å². The van der Waals surface area contributed by atoms with E-state index >= 15 is 0 Å². The third-order valence-corrected chi connectivity index (χ3v) is 4.44. The number of rotatable bonds is 2. The maximum absolute atomic E-state index is 10.5. The molecule has 2 aliphatic rings. The number of benzene rings is 1. The van der Waals surface area contributed by atoms with Crippen LogP contribution in [0.1, 0.15) is 54.9 Å². The van der Waals surface area contributed by atoms with Crippen molar-refractivity contribution < 1.29 is 5.11 Å². The van der Waals surface area contributed by atoms with Crippen molar-refractivity contribution in [1.82, 2.24) is 5.32 Å². The number of hydrogen-bond acceptors (Lipinski definition) is 2. The molecule has 0 saturated carbocycles. The molecule has 1 fully saturated rings. The molecular formula is C16H23NO. The molecule has 1 saturated heterocycles. The second-order valence-electron chi connectivity index (χ2n) is 5.74. The SMILES string of the molecule is OC(c1ccc2c(c1)CCCC2)C1CCCCN1. The van der Waals surface area contributed by atoms with Crippen LogP contribution in [-0.4, -0.2) is 17.7 Å². The summed E-state index contributed by atoms with van der Waals surface area (Å²) in [6.45, 7) is 1.05.